The van der Waals surface area contributed by atoms with E-state index in [0.29, 0.717) is 18.9 Å². The number of benzene rings is 1. The van der Waals surface area contributed by atoms with Gasteiger partial charge in [0, 0.05) is 18.4 Å². The monoisotopic (exact) mass is 256 g/mol. The summed E-state index contributed by atoms with van der Waals surface area (Å²) in [6.45, 7) is 1.14. The fraction of sp³-hybridized carbons (Fsp3) is 0.455. The predicted octanol–water partition coefficient (Wildman–Crippen LogP) is 2.06. The van der Waals surface area contributed by atoms with Gasteiger partial charge in [-0.3, -0.25) is 10.1 Å². The lowest BCUT2D eigenvalue weighted by Gasteiger charge is -2.08. The van der Waals surface area contributed by atoms with E-state index in [1.165, 1.54) is 6.07 Å². The van der Waals surface area contributed by atoms with Gasteiger partial charge in [0.1, 0.15) is 0 Å². The number of nitro benzene ring substituents is 1. The first kappa shape index (κ1) is 13.8. The van der Waals surface area contributed by atoms with E-state index in [1.54, 1.807) is 23.9 Å². The molecule has 6 heteroatoms. The third kappa shape index (κ3) is 4.24. The van der Waals surface area contributed by atoms with Crippen LogP contribution in [0.3, 0.4) is 0 Å². The van der Waals surface area contributed by atoms with Gasteiger partial charge < -0.3 is 10.1 Å². The standard InChI is InChI=1S/C11H16N2O3S/c1-12-8-9-3-4-10(13(14)15)11(7-9)16-5-6-17-2/h3-4,7,12H,5-6,8H2,1-2H3. The molecule has 0 spiro atoms. The summed E-state index contributed by atoms with van der Waals surface area (Å²) in [6.07, 6.45) is 1.97. The van der Waals surface area contributed by atoms with E-state index < -0.39 is 4.92 Å². The number of nitrogens with zero attached hydrogens (tertiary/aromatic N) is 1. The maximum Gasteiger partial charge on any atom is 0.310 e. The summed E-state index contributed by atoms with van der Waals surface area (Å²) in [5.74, 6) is 1.16. The Hall–Kier alpha value is -1.27. The molecule has 1 aromatic rings. The molecule has 1 rings (SSSR count). The van der Waals surface area contributed by atoms with Crippen LogP contribution in [0, 0.1) is 10.1 Å². The van der Waals surface area contributed by atoms with E-state index in [4.69, 9.17) is 4.74 Å². The average Bonchev–Trinajstić information content (AvgIpc) is 2.30. The number of nitrogens with one attached hydrogen (secondary N) is 1. The quantitative estimate of drug-likeness (QED) is 0.459. The van der Waals surface area contributed by atoms with Crippen molar-refractivity contribution in [1.29, 1.82) is 0 Å². The van der Waals surface area contributed by atoms with Crippen LogP contribution < -0.4 is 10.1 Å². The molecule has 94 valence electrons. The molecule has 0 unspecified atom stereocenters. The van der Waals surface area contributed by atoms with Crippen molar-refractivity contribution in [3.8, 4) is 5.75 Å². The van der Waals surface area contributed by atoms with Crippen molar-refractivity contribution in [3.05, 3.63) is 33.9 Å². The van der Waals surface area contributed by atoms with E-state index in [2.05, 4.69) is 5.32 Å². The van der Waals surface area contributed by atoms with Gasteiger partial charge in [0.25, 0.3) is 0 Å². The number of hydrogen-bond donors (Lipinski definition) is 1. The van der Waals surface area contributed by atoms with Crippen molar-refractivity contribution in [2.45, 2.75) is 6.54 Å². The lowest BCUT2D eigenvalue weighted by molar-refractivity contribution is -0.385. The van der Waals surface area contributed by atoms with Crippen LogP contribution in [0.2, 0.25) is 0 Å². The minimum absolute atomic E-state index is 0.0194. The molecule has 0 atom stereocenters. The number of rotatable bonds is 7. The van der Waals surface area contributed by atoms with E-state index in [-0.39, 0.29) is 5.69 Å². The Kier molecular flexibility index (Phi) is 5.79. The van der Waals surface area contributed by atoms with Crippen LogP contribution in [0.4, 0.5) is 5.69 Å². The topological polar surface area (TPSA) is 64.4 Å². The first-order valence-corrected chi connectivity index (χ1v) is 6.62. The first-order chi connectivity index (χ1) is 8.19. The van der Waals surface area contributed by atoms with Crippen molar-refractivity contribution in [2.24, 2.45) is 0 Å². The van der Waals surface area contributed by atoms with Crippen LogP contribution in [0.25, 0.3) is 0 Å². The van der Waals surface area contributed by atoms with Crippen LogP contribution in [-0.4, -0.2) is 30.6 Å². The molecule has 0 fully saturated rings. The van der Waals surface area contributed by atoms with E-state index in [0.717, 1.165) is 11.3 Å². The molecule has 0 aromatic heterocycles. The van der Waals surface area contributed by atoms with Gasteiger partial charge in [-0.1, -0.05) is 6.07 Å². The maximum absolute atomic E-state index is 10.8. The van der Waals surface area contributed by atoms with Crippen molar-refractivity contribution < 1.29 is 9.66 Å². The predicted molar refractivity (Wildman–Crippen MR) is 69.7 cm³/mol. The smallest absolute Gasteiger partial charge is 0.310 e. The Balaban J connectivity index is 2.86. The lowest BCUT2D eigenvalue weighted by atomic mass is 10.2. The Morgan fingerprint density at radius 2 is 2.29 bits per heavy atom. The molecule has 1 aromatic carbocycles. The van der Waals surface area contributed by atoms with Gasteiger partial charge in [-0.05, 0) is 24.9 Å². The summed E-state index contributed by atoms with van der Waals surface area (Å²) >= 11 is 1.64. The van der Waals surface area contributed by atoms with Crippen molar-refractivity contribution in [2.75, 3.05) is 25.7 Å². The Bertz CT molecular complexity index is 385. The normalized spacial score (nSPS) is 10.2. The van der Waals surface area contributed by atoms with Crippen LogP contribution in [0.15, 0.2) is 18.2 Å². The van der Waals surface area contributed by atoms with Crippen LogP contribution in [0.1, 0.15) is 5.56 Å². The van der Waals surface area contributed by atoms with Gasteiger partial charge in [-0.2, -0.15) is 11.8 Å². The summed E-state index contributed by atoms with van der Waals surface area (Å²) in [4.78, 5) is 10.4. The SMILES string of the molecule is CNCc1ccc([N+](=O)[O-])c(OCCSC)c1. The third-order valence-corrected chi connectivity index (χ3v) is 2.72. The Labute approximate surface area is 105 Å². The van der Waals surface area contributed by atoms with Gasteiger partial charge >= 0.3 is 5.69 Å². The fourth-order valence-electron chi connectivity index (χ4n) is 1.37. The first-order valence-electron chi connectivity index (χ1n) is 5.22. The molecule has 0 amide bonds. The molecule has 0 radical (unpaired) electrons. The molecule has 5 nitrogen and oxygen atoms in total. The number of thioether (sulfide) groups is 1. The molecule has 1 N–H and O–H groups in total. The van der Waals surface area contributed by atoms with Crippen molar-refractivity contribution >= 4 is 17.4 Å². The highest BCUT2D eigenvalue weighted by atomic mass is 32.2. The zero-order valence-corrected chi connectivity index (χ0v) is 10.8. The van der Waals surface area contributed by atoms with E-state index in [1.807, 2.05) is 13.3 Å². The molecule has 0 aliphatic carbocycles. The molecule has 0 aliphatic rings. The second-order valence-electron chi connectivity index (χ2n) is 3.43. The molecule has 0 bridgehead atoms. The molecular formula is C11H16N2O3S. The summed E-state index contributed by atoms with van der Waals surface area (Å²) < 4.78 is 5.44. The highest BCUT2D eigenvalue weighted by Gasteiger charge is 2.15. The van der Waals surface area contributed by atoms with Gasteiger partial charge in [-0.25, -0.2) is 0 Å². The summed E-state index contributed by atoms with van der Waals surface area (Å²) in [6, 6.07) is 4.94. The zero-order chi connectivity index (χ0) is 12.7. The molecule has 0 heterocycles. The van der Waals surface area contributed by atoms with Gasteiger partial charge in [0.05, 0.1) is 11.5 Å². The number of hydrogen-bond acceptors (Lipinski definition) is 5. The average molecular weight is 256 g/mol. The third-order valence-electron chi connectivity index (χ3n) is 2.15. The van der Waals surface area contributed by atoms with Gasteiger partial charge in [0.2, 0.25) is 0 Å². The van der Waals surface area contributed by atoms with Crippen molar-refractivity contribution in [1.82, 2.24) is 5.32 Å². The molecule has 0 aliphatic heterocycles. The summed E-state index contributed by atoms with van der Waals surface area (Å²) in [5, 5.41) is 13.8. The number of ether oxygens (including phenoxy) is 1. The lowest BCUT2D eigenvalue weighted by Crippen LogP contribution is -2.07. The number of nitro groups is 1. The fourth-order valence-corrected chi connectivity index (χ4v) is 1.62. The highest BCUT2D eigenvalue weighted by Crippen LogP contribution is 2.28. The minimum Gasteiger partial charge on any atom is -0.486 e. The summed E-state index contributed by atoms with van der Waals surface area (Å²) in [5.41, 5.74) is 0.989. The van der Waals surface area contributed by atoms with E-state index in [9.17, 15) is 10.1 Å². The van der Waals surface area contributed by atoms with Gasteiger partial charge in [-0.15, -0.1) is 0 Å². The second-order valence-corrected chi connectivity index (χ2v) is 4.42. The highest BCUT2D eigenvalue weighted by molar-refractivity contribution is 7.98. The largest absolute Gasteiger partial charge is 0.486 e. The second kappa shape index (κ2) is 7.13. The molecular weight excluding hydrogens is 240 g/mol. The molecule has 0 saturated heterocycles. The summed E-state index contributed by atoms with van der Waals surface area (Å²) in [7, 11) is 1.83. The van der Waals surface area contributed by atoms with Crippen LogP contribution in [-0.2, 0) is 6.54 Å². The Morgan fingerprint density at radius 1 is 1.53 bits per heavy atom. The molecule has 0 saturated carbocycles. The van der Waals surface area contributed by atoms with Crippen LogP contribution >= 0.6 is 11.8 Å². The minimum atomic E-state index is -0.419. The zero-order valence-electron chi connectivity index (χ0n) is 9.93. The van der Waals surface area contributed by atoms with E-state index >= 15 is 0 Å². The van der Waals surface area contributed by atoms with Crippen LogP contribution in [0.5, 0.6) is 5.75 Å². The molecule has 17 heavy (non-hydrogen) atoms. The van der Waals surface area contributed by atoms with Gasteiger partial charge in [0.15, 0.2) is 5.75 Å². The van der Waals surface area contributed by atoms with Crippen molar-refractivity contribution in [3.63, 3.8) is 0 Å². The Morgan fingerprint density at radius 3 is 2.88 bits per heavy atom. The maximum atomic E-state index is 10.8.